The lowest BCUT2D eigenvalue weighted by molar-refractivity contribution is -0.0190. The van der Waals surface area contributed by atoms with Gasteiger partial charge in [-0.3, -0.25) is 0 Å². The molecule has 2 nitrogen and oxygen atoms in total. The molecule has 1 aliphatic rings. The fourth-order valence-electron chi connectivity index (χ4n) is 2.21. The highest BCUT2D eigenvalue weighted by molar-refractivity contribution is 4.76. The van der Waals surface area contributed by atoms with Crippen LogP contribution in [0, 0.1) is 11.8 Å². The second kappa shape index (κ2) is 5.61. The molecule has 1 fully saturated rings. The number of aliphatic hydroxyl groups excluding tert-OH is 1. The summed E-state index contributed by atoms with van der Waals surface area (Å²) in [6, 6.07) is 0. The number of hydrogen-bond acceptors (Lipinski definition) is 2. The molecule has 0 aromatic heterocycles. The van der Waals surface area contributed by atoms with Crippen LogP contribution in [0.5, 0.6) is 0 Å². The van der Waals surface area contributed by atoms with Crippen LogP contribution in [0.2, 0.25) is 0 Å². The second-order valence-electron chi connectivity index (χ2n) is 4.02. The van der Waals surface area contributed by atoms with Crippen LogP contribution >= 0.6 is 0 Å². The monoisotopic (exact) mass is 186 g/mol. The highest BCUT2D eigenvalue weighted by Gasteiger charge is 2.26. The Labute approximate surface area is 81.3 Å². The zero-order valence-electron chi connectivity index (χ0n) is 8.83. The van der Waals surface area contributed by atoms with E-state index >= 15 is 0 Å². The zero-order valence-corrected chi connectivity index (χ0v) is 8.83. The van der Waals surface area contributed by atoms with Crippen LogP contribution in [0.25, 0.3) is 0 Å². The number of rotatable bonds is 4. The quantitative estimate of drug-likeness (QED) is 0.729. The predicted molar refractivity (Wildman–Crippen MR) is 53.6 cm³/mol. The number of aliphatic hydroxyl groups is 1. The van der Waals surface area contributed by atoms with Crippen LogP contribution in [-0.4, -0.2) is 24.4 Å². The van der Waals surface area contributed by atoms with Gasteiger partial charge >= 0.3 is 0 Å². The Morgan fingerprint density at radius 1 is 1.23 bits per heavy atom. The standard InChI is InChI=1S/C11H22O2/c1-3-9(4-2)11(12)10-5-7-13-8-6-10/h9-12H,3-8H2,1-2H3. The van der Waals surface area contributed by atoms with Gasteiger partial charge in [0.25, 0.3) is 0 Å². The first kappa shape index (κ1) is 11.0. The molecule has 1 rings (SSSR count). The van der Waals surface area contributed by atoms with Crippen molar-refractivity contribution in [2.75, 3.05) is 13.2 Å². The summed E-state index contributed by atoms with van der Waals surface area (Å²) in [5.74, 6) is 0.974. The third-order valence-electron chi connectivity index (χ3n) is 3.28. The smallest absolute Gasteiger partial charge is 0.0598 e. The molecular weight excluding hydrogens is 164 g/mol. The van der Waals surface area contributed by atoms with Crippen molar-refractivity contribution >= 4 is 0 Å². The van der Waals surface area contributed by atoms with E-state index in [1.165, 1.54) is 0 Å². The minimum absolute atomic E-state index is 0.0982. The molecule has 2 heteroatoms. The highest BCUT2D eigenvalue weighted by Crippen LogP contribution is 2.26. The van der Waals surface area contributed by atoms with Crippen molar-refractivity contribution in [3.8, 4) is 0 Å². The second-order valence-corrected chi connectivity index (χ2v) is 4.02. The first-order valence-corrected chi connectivity index (χ1v) is 5.55. The molecule has 1 unspecified atom stereocenters. The molecule has 1 aliphatic heterocycles. The van der Waals surface area contributed by atoms with Gasteiger partial charge < -0.3 is 9.84 Å². The molecule has 78 valence electrons. The van der Waals surface area contributed by atoms with Crippen LogP contribution in [0.15, 0.2) is 0 Å². The molecule has 1 atom stereocenters. The minimum Gasteiger partial charge on any atom is -0.393 e. The summed E-state index contributed by atoms with van der Waals surface area (Å²) in [6.07, 6.45) is 4.17. The van der Waals surface area contributed by atoms with Gasteiger partial charge in [0, 0.05) is 13.2 Å². The molecule has 0 saturated carbocycles. The molecule has 0 bridgehead atoms. The summed E-state index contributed by atoms with van der Waals surface area (Å²) in [4.78, 5) is 0. The van der Waals surface area contributed by atoms with Gasteiger partial charge in [-0.1, -0.05) is 26.7 Å². The summed E-state index contributed by atoms with van der Waals surface area (Å²) < 4.78 is 5.29. The van der Waals surface area contributed by atoms with Crippen molar-refractivity contribution in [3.05, 3.63) is 0 Å². The van der Waals surface area contributed by atoms with Gasteiger partial charge in [0.1, 0.15) is 0 Å². The van der Waals surface area contributed by atoms with E-state index in [0.717, 1.165) is 38.9 Å². The van der Waals surface area contributed by atoms with Crippen molar-refractivity contribution in [1.29, 1.82) is 0 Å². The van der Waals surface area contributed by atoms with Crippen LogP contribution in [0.3, 0.4) is 0 Å². The Hall–Kier alpha value is -0.0800. The van der Waals surface area contributed by atoms with Crippen LogP contribution in [-0.2, 0) is 4.74 Å². The number of hydrogen-bond donors (Lipinski definition) is 1. The third-order valence-corrected chi connectivity index (χ3v) is 3.28. The van der Waals surface area contributed by atoms with Gasteiger partial charge in [0.05, 0.1) is 6.10 Å². The molecule has 13 heavy (non-hydrogen) atoms. The normalized spacial score (nSPS) is 22.2. The van der Waals surface area contributed by atoms with Gasteiger partial charge in [0.2, 0.25) is 0 Å². The molecule has 0 aromatic carbocycles. The van der Waals surface area contributed by atoms with Gasteiger partial charge in [-0.2, -0.15) is 0 Å². The molecular formula is C11H22O2. The van der Waals surface area contributed by atoms with Crippen molar-refractivity contribution in [2.24, 2.45) is 11.8 Å². The summed E-state index contributed by atoms with van der Waals surface area (Å²) >= 11 is 0. The van der Waals surface area contributed by atoms with Crippen molar-refractivity contribution < 1.29 is 9.84 Å². The molecule has 0 aromatic rings. The molecule has 1 saturated heterocycles. The Kier molecular flexibility index (Phi) is 4.74. The molecule has 0 spiro atoms. The number of ether oxygens (including phenoxy) is 1. The maximum absolute atomic E-state index is 10.1. The van der Waals surface area contributed by atoms with E-state index in [4.69, 9.17) is 4.74 Å². The summed E-state index contributed by atoms with van der Waals surface area (Å²) in [7, 11) is 0. The van der Waals surface area contributed by atoms with Crippen molar-refractivity contribution in [2.45, 2.75) is 45.6 Å². The average Bonchev–Trinajstić information content (AvgIpc) is 2.21. The first-order chi connectivity index (χ1) is 6.29. The summed E-state index contributed by atoms with van der Waals surface area (Å²) in [5.41, 5.74) is 0. The summed E-state index contributed by atoms with van der Waals surface area (Å²) in [5, 5.41) is 10.1. The van der Waals surface area contributed by atoms with Crippen LogP contribution in [0.1, 0.15) is 39.5 Å². The minimum atomic E-state index is -0.0982. The fraction of sp³-hybridized carbons (Fsp3) is 1.00. The van der Waals surface area contributed by atoms with E-state index in [-0.39, 0.29) is 6.10 Å². The van der Waals surface area contributed by atoms with E-state index in [1.54, 1.807) is 0 Å². The lowest BCUT2D eigenvalue weighted by Gasteiger charge is -2.31. The van der Waals surface area contributed by atoms with E-state index in [2.05, 4.69) is 13.8 Å². The zero-order chi connectivity index (χ0) is 9.68. The third kappa shape index (κ3) is 2.96. The van der Waals surface area contributed by atoms with E-state index < -0.39 is 0 Å². The maximum Gasteiger partial charge on any atom is 0.0598 e. The highest BCUT2D eigenvalue weighted by atomic mass is 16.5. The first-order valence-electron chi connectivity index (χ1n) is 5.55. The molecule has 1 N–H and O–H groups in total. The predicted octanol–water partition coefficient (Wildman–Crippen LogP) is 2.21. The fourth-order valence-corrected chi connectivity index (χ4v) is 2.21. The van der Waals surface area contributed by atoms with Crippen molar-refractivity contribution in [1.82, 2.24) is 0 Å². The Bertz CT molecular complexity index is 126. The molecule has 1 heterocycles. The Balaban J connectivity index is 2.38. The van der Waals surface area contributed by atoms with Crippen LogP contribution < -0.4 is 0 Å². The van der Waals surface area contributed by atoms with Gasteiger partial charge in [0.15, 0.2) is 0 Å². The Morgan fingerprint density at radius 3 is 2.23 bits per heavy atom. The van der Waals surface area contributed by atoms with Gasteiger partial charge in [-0.25, -0.2) is 0 Å². The SMILES string of the molecule is CCC(CC)C(O)C1CCOCC1. The maximum atomic E-state index is 10.1. The lowest BCUT2D eigenvalue weighted by Crippen LogP contribution is -2.32. The summed E-state index contributed by atoms with van der Waals surface area (Å²) in [6.45, 7) is 6.00. The Morgan fingerprint density at radius 2 is 1.77 bits per heavy atom. The molecule has 0 radical (unpaired) electrons. The topological polar surface area (TPSA) is 29.5 Å². The van der Waals surface area contributed by atoms with Gasteiger partial charge in [-0.15, -0.1) is 0 Å². The largest absolute Gasteiger partial charge is 0.393 e. The van der Waals surface area contributed by atoms with E-state index in [9.17, 15) is 5.11 Å². The van der Waals surface area contributed by atoms with E-state index in [0.29, 0.717) is 11.8 Å². The lowest BCUT2D eigenvalue weighted by atomic mass is 9.83. The van der Waals surface area contributed by atoms with Crippen molar-refractivity contribution in [3.63, 3.8) is 0 Å². The molecule has 0 amide bonds. The van der Waals surface area contributed by atoms with Gasteiger partial charge in [-0.05, 0) is 24.7 Å². The molecule has 0 aliphatic carbocycles. The van der Waals surface area contributed by atoms with Crippen LogP contribution in [0.4, 0.5) is 0 Å². The van der Waals surface area contributed by atoms with E-state index in [1.807, 2.05) is 0 Å². The average molecular weight is 186 g/mol.